The molecule has 2 aromatic rings. The molecule has 0 saturated heterocycles. The van der Waals surface area contributed by atoms with Gasteiger partial charge in [0.1, 0.15) is 5.82 Å². The van der Waals surface area contributed by atoms with Gasteiger partial charge in [0.15, 0.2) is 11.6 Å². The minimum absolute atomic E-state index is 0.00107. The van der Waals surface area contributed by atoms with E-state index in [-0.39, 0.29) is 11.3 Å². The number of fused-ring (bicyclic) bond motifs is 1. The van der Waals surface area contributed by atoms with E-state index in [4.69, 9.17) is 0 Å². The van der Waals surface area contributed by atoms with E-state index in [0.717, 1.165) is 11.1 Å². The summed E-state index contributed by atoms with van der Waals surface area (Å²) in [5, 5.41) is 0. The van der Waals surface area contributed by atoms with Crippen LogP contribution in [0.25, 0.3) is 6.08 Å². The first-order chi connectivity index (χ1) is 11.4. The minimum atomic E-state index is -0.934. The molecule has 2 nitrogen and oxygen atoms in total. The minimum Gasteiger partial charge on any atom is -0.293 e. The number of rotatable bonds is 3. The average Bonchev–Trinajstić information content (AvgIpc) is 2.58. The van der Waals surface area contributed by atoms with Gasteiger partial charge in [-0.15, -0.1) is 0 Å². The number of carbonyl (C=O) groups excluding carboxylic acids is 2. The molecule has 0 heterocycles. The predicted octanol–water partition coefficient (Wildman–Crippen LogP) is 4.51. The van der Waals surface area contributed by atoms with Crippen LogP contribution in [0.2, 0.25) is 0 Å². The Hall–Kier alpha value is -2.81. The van der Waals surface area contributed by atoms with Crippen molar-refractivity contribution in [3.05, 3.63) is 88.8 Å². The van der Waals surface area contributed by atoms with Gasteiger partial charge >= 0.3 is 0 Å². The van der Waals surface area contributed by atoms with Crippen LogP contribution >= 0.6 is 0 Å². The highest BCUT2D eigenvalue weighted by Crippen LogP contribution is 2.37. The molecule has 1 aliphatic carbocycles. The van der Waals surface area contributed by atoms with E-state index < -0.39 is 17.0 Å². The summed E-state index contributed by atoms with van der Waals surface area (Å²) in [7, 11) is 0. The molecule has 0 spiro atoms. The molecule has 0 N–H and O–H groups in total. The molecule has 2 aromatic carbocycles. The largest absolute Gasteiger partial charge is 0.293 e. The third-order valence-corrected chi connectivity index (χ3v) is 4.43. The van der Waals surface area contributed by atoms with Crippen molar-refractivity contribution in [2.24, 2.45) is 0 Å². The number of hydrogen-bond donors (Lipinski definition) is 0. The second-order valence-corrected chi connectivity index (χ2v) is 6.12. The number of carbonyl (C=O) groups is 2. The van der Waals surface area contributed by atoms with E-state index in [2.05, 4.69) is 0 Å². The van der Waals surface area contributed by atoms with Crippen molar-refractivity contribution in [3.63, 3.8) is 0 Å². The Balaban J connectivity index is 2.02. The predicted molar refractivity (Wildman–Crippen MR) is 92.3 cm³/mol. The molecule has 1 aliphatic rings. The van der Waals surface area contributed by atoms with Crippen LogP contribution in [0.1, 0.15) is 35.3 Å². The van der Waals surface area contributed by atoms with Crippen LogP contribution < -0.4 is 0 Å². The smallest absolute Gasteiger partial charge is 0.188 e. The van der Waals surface area contributed by atoms with Crippen LogP contribution in [0.5, 0.6) is 0 Å². The first-order valence-electron chi connectivity index (χ1n) is 7.74. The molecule has 0 saturated carbocycles. The van der Waals surface area contributed by atoms with Crippen molar-refractivity contribution >= 4 is 17.6 Å². The average molecular weight is 320 g/mol. The van der Waals surface area contributed by atoms with E-state index >= 15 is 0 Å². The topological polar surface area (TPSA) is 34.1 Å². The lowest BCUT2D eigenvalue weighted by atomic mass is 9.70. The molecule has 0 bridgehead atoms. The number of halogens is 1. The van der Waals surface area contributed by atoms with Gasteiger partial charge in [-0.2, -0.15) is 0 Å². The van der Waals surface area contributed by atoms with Crippen molar-refractivity contribution in [1.82, 2.24) is 0 Å². The zero-order valence-electron chi connectivity index (χ0n) is 13.5. The Morgan fingerprint density at radius 1 is 1.08 bits per heavy atom. The first-order valence-corrected chi connectivity index (χ1v) is 7.74. The van der Waals surface area contributed by atoms with Gasteiger partial charge < -0.3 is 0 Å². The Labute approximate surface area is 140 Å². The van der Waals surface area contributed by atoms with Crippen LogP contribution in [0.3, 0.4) is 0 Å². The van der Waals surface area contributed by atoms with E-state index in [1.54, 1.807) is 26.0 Å². The van der Waals surface area contributed by atoms with Gasteiger partial charge in [0.2, 0.25) is 0 Å². The fourth-order valence-corrected chi connectivity index (χ4v) is 3.09. The van der Waals surface area contributed by atoms with Crippen molar-refractivity contribution in [2.45, 2.75) is 19.3 Å². The molecule has 3 heteroatoms. The molecule has 0 aromatic heterocycles. The zero-order valence-corrected chi connectivity index (χ0v) is 13.5. The summed E-state index contributed by atoms with van der Waals surface area (Å²) in [6.45, 7) is 3.55. The molecule has 0 radical (unpaired) electrons. The van der Waals surface area contributed by atoms with Crippen molar-refractivity contribution in [1.29, 1.82) is 0 Å². The summed E-state index contributed by atoms with van der Waals surface area (Å²) in [5.74, 6) is -1.07. The Morgan fingerprint density at radius 2 is 1.75 bits per heavy atom. The Morgan fingerprint density at radius 3 is 2.50 bits per heavy atom. The molecule has 1 atom stereocenters. The van der Waals surface area contributed by atoms with Gasteiger partial charge in [-0.3, -0.25) is 9.59 Å². The standard InChI is InChI=1S/C21H17FO2/c1-14-13-15-7-3-5-9-17(15)21(2,20(14)24)12-11-19(23)16-8-4-6-10-18(16)22/h3-13H,1-2H3/b12-11-/t21-/m1/s1. The first kappa shape index (κ1) is 16.1. The van der Waals surface area contributed by atoms with Gasteiger partial charge in [-0.05, 0) is 54.8 Å². The summed E-state index contributed by atoms with van der Waals surface area (Å²) in [4.78, 5) is 25.0. The maximum atomic E-state index is 13.7. The number of allylic oxidation sites excluding steroid dienone is 3. The number of ketones is 2. The van der Waals surface area contributed by atoms with Crippen molar-refractivity contribution in [2.75, 3.05) is 0 Å². The molecule has 24 heavy (non-hydrogen) atoms. The van der Waals surface area contributed by atoms with Crippen LogP contribution in [-0.4, -0.2) is 11.6 Å². The van der Waals surface area contributed by atoms with Crippen LogP contribution in [0, 0.1) is 5.82 Å². The molecule has 3 rings (SSSR count). The molecule has 0 unspecified atom stereocenters. The summed E-state index contributed by atoms with van der Waals surface area (Å²) in [5.41, 5.74) is 1.51. The summed E-state index contributed by atoms with van der Waals surface area (Å²) < 4.78 is 13.7. The van der Waals surface area contributed by atoms with Crippen molar-refractivity contribution < 1.29 is 14.0 Å². The van der Waals surface area contributed by atoms with Crippen LogP contribution in [0.15, 0.2) is 66.3 Å². The molecule has 0 aliphatic heterocycles. The third-order valence-electron chi connectivity index (χ3n) is 4.43. The fourth-order valence-electron chi connectivity index (χ4n) is 3.09. The monoisotopic (exact) mass is 320 g/mol. The van der Waals surface area contributed by atoms with Crippen molar-refractivity contribution in [3.8, 4) is 0 Å². The fraction of sp³-hybridized carbons (Fsp3) is 0.143. The van der Waals surface area contributed by atoms with E-state index in [1.807, 2.05) is 30.3 Å². The highest BCUT2D eigenvalue weighted by atomic mass is 19.1. The summed E-state index contributed by atoms with van der Waals surface area (Å²) in [6.07, 6.45) is 4.73. The third kappa shape index (κ3) is 2.62. The number of hydrogen-bond acceptors (Lipinski definition) is 2. The molecular formula is C21H17FO2. The summed E-state index contributed by atoms with van der Waals surface area (Å²) >= 11 is 0. The van der Waals surface area contributed by atoms with E-state index in [0.29, 0.717) is 5.57 Å². The lowest BCUT2D eigenvalue weighted by Crippen LogP contribution is -2.34. The van der Waals surface area contributed by atoms with Crippen LogP contribution in [0.4, 0.5) is 4.39 Å². The van der Waals surface area contributed by atoms with Gasteiger partial charge in [0, 0.05) is 0 Å². The Kier molecular flexibility index (Phi) is 4.02. The highest BCUT2D eigenvalue weighted by molar-refractivity contribution is 6.11. The van der Waals surface area contributed by atoms with Gasteiger partial charge in [-0.1, -0.05) is 42.5 Å². The molecular weight excluding hydrogens is 303 g/mol. The second kappa shape index (κ2) is 6.00. The maximum Gasteiger partial charge on any atom is 0.188 e. The second-order valence-electron chi connectivity index (χ2n) is 6.12. The quantitative estimate of drug-likeness (QED) is 0.616. The van der Waals surface area contributed by atoms with Gasteiger partial charge in [-0.25, -0.2) is 4.39 Å². The Bertz CT molecular complexity index is 892. The highest BCUT2D eigenvalue weighted by Gasteiger charge is 2.37. The number of benzene rings is 2. The summed E-state index contributed by atoms with van der Waals surface area (Å²) in [6, 6.07) is 13.4. The lowest BCUT2D eigenvalue weighted by molar-refractivity contribution is -0.118. The number of Topliss-reactive ketones (excluding diaryl/α,β-unsaturated/α-hetero) is 1. The SMILES string of the molecule is CC1=Cc2ccccc2[C@@](C)(/C=C\C(=O)c2ccccc2F)C1=O. The maximum absolute atomic E-state index is 13.7. The zero-order chi connectivity index (χ0) is 17.3. The molecule has 0 amide bonds. The normalized spacial score (nSPS) is 20.0. The van der Waals surface area contributed by atoms with Gasteiger partial charge in [0.05, 0.1) is 11.0 Å². The van der Waals surface area contributed by atoms with Crippen LogP contribution in [-0.2, 0) is 10.2 Å². The molecule has 120 valence electrons. The van der Waals surface area contributed by atoms with Gasteiger partial charge in [0.25, 0.3) is 0 Å². The van der Waals surface area contributed by atoms with E-state index in [9.17, 15) is 14.0 Å². The van der Waals surface area contributed by atoms with E-state index in [1.165, 1.54) is 24.3 Å². The lowest BCUT2D eigenvalue weighted by Gasteiger charge is -2.31. The molecule has 0 fully saturated rings.